The first-order valence-electron chi connectivity index (χ1n) is 4.03. The van der Waals surface area contributed by atoms with E-state index in [9.17, 15) is 18.5 Å². The topological polar surface area (TPSA) is 121 Å². The minimum Gasteiger partial charge on any atom is -0.258 e. The zero-order chi connectivity index (χ0) is 11.8. The van der Waals surface area contributed by atoms with Crippen LogP contribution in [0.15, 0.2) is 5.03 Å². The van der Waals surface area contributed by atoms with Crippen molar-refractivity contribution in [1.29, 1.82) is 0 Å². The maximum absolute atomic E-state index is 11.2. The van der Waals surface area contributed by atoms with Crippen molar-refractivity contribution in [1.82, 2.24) is 9.78 Å². The Morgan fingerprint density at radius 1 is 1.60 bits per heavy atom. The number of aromatic nitrogens is 2. The molecular formula is C6H10N4O4S. The Hall–Kier alpha value is -1.48. The number of nitrogens with zero attached hydrogens (tertiary/aromatic N) is 3. The minimum absolute atomic E-state index is 0.0332. The second kappa shape index (κ2) is 3.59. The molecule has 0 aliphatic carbocycles. The standard InChI is InChI=1S/C6H10N4O4S/c1-3-9-6(15(7,13)14)5(10(11)12)4(2)8-9/h3H2,1-2H3,(H2,7,13,14). The smallest absolute Gasteiger partial charge is 0.258 e. The highest BCUT2D eigenvalue weighted by Crippen LogP contribution is 2.25. The molecule has 0 bridgehead atoms. The van der Waals surface area contributed by atoms with Crippen molar-refractivity contribution in [3.05, 3.63) is 15.8 Å². The molecular weight excluding hydrogens is 224 g/mol. The van der Waals surface area contributed by atoms with Gasteiger partial charge in [-0.15, -0.1) is 0 Å². The largest absolute Gasteiger partial charge is 0.330 e. The van der Waals surface area contributed by atoms with Gasteiger partial charge in [-0.1, -0.05) is 0 Å². The summed E-state index contributed by atoms with van der Waals surface area (Å²) in [5.74, 6) is 0. The van der Waals surface area contributed by atoms with E-state index in [1.165, 1.54) is 6.92 Å². The Balaban J connectivity index is 3.65. The van der Waals surface area contributed by atoms with Gasteiger partial charge in [0.1, 0.15) is 5.69 Å². The Morgan fingerprint density at radius 3 is 2.47 bits per heavy atom. The lowest BCUT2D eigenvalue weighted by Gasteiger charge is -2.00. The third kappa shape index (κ3) is 1.97. The van der Waals surface area contributed by atoms with Gasteiger partial charge in [-0.2, -0.15) is 5.10 Å². The van der Waals surface area contributed by atoms with Crippen LogP contribution in [-0.4, -0.2) is 23.1 Å². The molecule has 84 valence electrons. The summed E-state index contributed by atoms with van der Waals surface area (Å²) in [6.07, 6.45) is 0. The summed E-state index contributed by atoms with van der Waals surface area (Å²) in [7, 11) is -4.14. The molecule has 1 aromatic rings. The molecule has 0 radical (unpaired) electrons. The molecule has 0 fully saturated rings. The van der Waals surface area contributed by atoms with Crippen LogP contribution in [-0.2, 0) is 16.6 Å². The van der Waals surface area contributed by atoms with Crippen LogP contribution < -0.4 is 5.14 Å². The van der Waals surface area contributed by atoms with Gasteiger partial charge in [0.05, 0.1) is 4.92 Å². The van der Waals surface area contributed by atoms with Crippen LogP contribution in [0.25, 0.3) is 0 Å². The monoisotopic (exact) mass is 234 g/mol. The van der Waals surface area contributed by atoms with Crippen molar-refractivity contribution in [2.24, 2.45) is 5.14 Å². The van der Waals surface area contributed by atoms with Gasteiger partial charge in [-0.3, -0.25) is 10.1 Å². The first-order valence-corrected chi connectivity index (χ1v) is 5.58. The second-order valence-corrected chi connectivity index (χ2v) is 4.33. The third-order valence-electron chi connectivity index (χ3n) is 1.80. The number of hydrogen-bond donors (Lipinski definition) is 1. The van der Waals surface area contributed by atoms with Crippen molar-refractivity contribution >= 4 is 15.7 Å². The van der Waals surface area contributed by atoms with Crippen molar-refractivity contribution in [3.63, 3.8) is 0 Å². The van der Waals surface area contributed by atoms with Crippen LogP contribution in [0.2, 0.25) is 0 Å². The fourth-order valence-corrected chi connectivity index (χ4v) is 2.21. The Morgan fingerprint density at radius 2 is 2.13 bits per heavy atom. The molecule has 1 heterocycles. The van der Waals surface area contributed by atoms with Crippen LogP contribution in [0.1, 0.15) is 12.6 Å². The summed E-state index contributed by atoms with van der Waals surface area (Å²) in [5.41, 5.74) is -0.523. The van der Waals surface area contributed by atoms with Gasteiger partial charge >= 0.3 is 5.69 Å². The number of aryl methyl sites for hydroxylation is 2. The molecule has 0 spiro atoms. The van der Waals surface area contributed by atoms with Gasteiger partial charge < -0.3 is 0 Å². The average molecular weight is 234 g/mol. The normalized spacial score (nSPS) is 11.7. The molecule has 9 heteroatoms. The summed E-state index contributed by atoms with van der Waals surface area (Å²) in [5, 5.41) is 18.7. The SMILES string of the molecule is CCn1nc(C)c([N+](=O)[O-])c1S(N)(=O)=O. The molecule has 0 amide bonds. The first kappa shape index (κ1) is 11.6. The van der Waals surface area contributed by atoms with E-state index in [0.717, 1.165) is 4.68 Å². The van der Waals surface area contributed by atoms with Crippen molar-refractivity contribution < 1.29 is 13.3 Å². The third-order valence-corrected chi connectivity index (χ3v) is 2.75. The highest BCUT2D eigenvalue weighted by Gasteiger charge is 2.32. The number of sulfonamides is 1. The summed E-state index contributed by atoms with van der Waals surface area (Å²) >= 11 is 0. The molecule has 0 unspecified atom stereocenters. The van der Waals surface area contributed by atoms with E-state index in [1.54, 1.807) is 6.92 Å². The summed E-state index contributed by atoms with van der Waals surface area (Å²) in [6, 6.07) is 0. The molecule has 0 saturated carbocycles. The Kier molecular flexibility index (Phi) is 2.77. The molecule has 0 aromatic carbocycles. The van der Waals surface area contributed by atoms with Crippen LogP contribution in [0.3, 0.4) is 0 Å². The molecule has 2 N–H and O–H groups in total. The maximum atomic E-state index is 11.2. The van der Waals surface area contributed by atoms with Crippen LogP contribution in [0.4, 0.5) is 5.69 Å². The summed E-state index contributed by atoms with van der Waals surface area (Å²) in [6.45, 7) is 3.17. The average Bonchev–Trinajstić information content (AvgIpc) is 2.41. The van der Waals surface area contributed by atoms with E-state index in [1.807, 2.05) is 0 Å². The molecule has 1 rings (SSSR count). The minimum atomic E-state index is -4.14. The zero-order valence-corrected chi connectivity index (χ0v) is 8.98. The molecule has 0 aliphatic rings. The lowest BCUT2D eigenvalue weighted by Crippen LogP contribution is -2.18. The maximum Gasteiger partial charge on any atom is 0.330 e. The van der Waals surface area contributed by atoms with Crippen molar-refractivity contribution in [3.8, 4) is 0 Å². The lowest BCUT2D eigenvalue weighted by atomic mass is 10.4. The highest BCUT2D eigenvalue weighted by molar-refractivity contribution is 7.89. The number of nitro groups is 1. The molecule has 8 nitrogen and oxygen atoms in total. The predicted octanol–water partition coefficient (Wildman–Crippen LogP) is -0.233. The fourth-order valence-electron chi connectivity index (χ4n) is 1.26. The van der Waals surface area contributed by atoms with E-state index in [0.29, 0.717) is 0 Å². The zero-order valence-electron chi connectivity index (χ0n) is 8.17. The van der Waals surface area contributed by atoms with Crippen LogP contribution in [0, 0.1) is 17.0 Å². The molecule has 0 aliphatic heterocycles. The summed E-state index contributed by atoms with van der Waals surface area (Å²) < 4.78 is 23.3. The van der Waals surface area contributed by atoms with Gasteiger partial charge in [0.2, 0.25) is 5.03 Å². The van der Waals surface area contributed by atoms with Crippen LogP contribution >= 0.6 is 0 Å². The number of hydrogen-bond acceptors (Lipinski definition) is 5. The molecule has 1 aromatic heterocycles. The van der Waals surface area contributed by atoms with E-state index >= 15 is 0 Å². The number of rotatable bonds is 3. The van der Waals surface area contributed by atoms with E-state index < -0.39 is 25.7 Å². The van der Waals surface area contributed by atoms with Crippen molar-refractivity contribution in [2.45, 2.75) is 25.4 Å². The predicted molar refractivity (Wildman–Crippen MR) is 50.7 cm³/mol. The van der Waals surface area contributed by atoms with E-state index in [-0.39, 0.29) is 12.2 Å². The highest BCUT2D eigenvalue weighted by atomic mass is 32.2. The van der Waals surface area contributed by atoms with Gasteiger partial charge in [-0.25, -0.2) is 18.2 Å². The quantitative estimate of drug-likeness (QED) is 0.571. The molecule has 0 atom stereocenters. The van der Waals surface area contributed by atoms with Crippen molar-refractivity contribution in [2.75, 3.05) is 0 Å². The van der Waals surface area contributed by atoms with Gasteiger partial charge in [0.25, 0.3) is 10.0 Å². The lowest BCUT2D eigenvalue weighted by molar-refractivity contribution is -0.388. The number of primary sulfonamides is 1. The Labute approximate surface area is 85.9 Å². The number of nitrogens with two attached hydrogens (primary N) is 1. The summed E-state index contributed by atoms with van der Waals surface area (Å²) in [4.78, 5) is 9.85. The second-order valence-electron chi connectivity index (χ2n) is 2.86. The van der Waals surface area contributed by atoms with E-state index in [2.05, 4.69) is 5.10 Å². The fraction of sp³-hybridized carbons (Fsp3) is 0.500. The van der Waals surface area contributed by atoms with Crippen LogP contribution in [0.5, 0.6) is 0 Å². The van der Waals surface area contributed by atoms with Gasteiger partial charge in [-0.05, 0) is 13.8 Å². The van der Waals surface area contributed by atoms with Gasteiger partial charge in [0.15, 0.2) is 0 Å². The van der Waals surface area contributed by atoms with Gasteiger partial charge in [0, 0.05) is 6.54 Å². The van der Waals surface area contributed by atoms with E-state index in [4.69, 9.17) is 5.14 Å². The molecule has 15 heavy (non-hydrogen) atoms. The molecule has 0 saturated heterocycles. The first-order chi connectivity index (χ1) is 6.79. The Bertz CT molecular complexity index is 503.